The van der Waals surface area contributed by atoms with Crippen LogP contribution in [0.3, 0.4) is 0 Å². The summed E-state index contributed by atoms with van der Waals surface area (Å²) in [5.74, 6) is 1.88. The van der Waals surface area contributed by atoms with E-state index >= 15 is 0 Å². The molecule has 1 aliphatic heterocycles. The predicted octanol–water partition coefficient (Wildman–Crippen LogP) is 2.88. The van der Waals surface area contributed by atoms with Crippen LogP contribution in [-0.2, 0) is 11.2 Å². The molecule has 166 valence electrons. The number of aromatic nitrogens is 2. The fourth-order valence-corrected chi connectivity index (χ4v) is 3.70. The van der Waals surface area contributed by atoms with E-state index in [0.717, 1.165) is 28.3 Å². The van der Waals surface area contributed by atoms with Crippen molar-refractivity contribution in [2.45, 2.75) is 12.5 Å². The molecule has 1 atom stereocenters. The number of pyridine rings is 2. The molecule has 8 nitrogen and oxygen atoms in total. The van der Waals surface area contributed by atoms with Gasteiger partial charge in [-0.1, -0.05) is 6.07 Å². The quantitative estimate of drug-likeness (QED) is 0.637. The maximum absolute atomic E-state index is 12.8. The molecule has 3 heterocycles. The number of rotatable bonds is 6. The molecular weight excluding hydrogens is 408 g/mol. The van der Waals surface area contributed by atoms with Crippen molar-refractivity contribution in [3.8, 4) is 11.5 Å². The standard InChI is InChI=1S/C24H26N4O4/c1-30-19-5-7-21(31-2)18(12-19)11-16-3-6-20(26-13-16)22-15-28(9-10-32-22)24(29)17-4-8-23(25)27-14-17/h3-8,12-14,22H,9-11,15H2,1-2H3,(H2,25,27)/t22-/m1/s1. The van der Waals surface area contributed by atoms with Crippen LogP contribution in [0.1, 0.15) is 33.3 Å². The summed E-state index contributed by atoms with van der Waals surface area (Å²) in [4.78, 5) is 23.2. The van der Waals surface area contributed by atoms with E-state index in [2.05, 4.69) is 9.97 Å². The van der Waals surface area contributed by atoms with Gasteiger partial charge in [0.05, 0.1) is 38.6 Å². The zero-order valence-corrected chi connectivity index (χ0v) is 18.2. The van der Waals surface area contributed by atoms with Crippen molar-refractivity contribution in [1.82, 2.24) is 14.9 Å². The number of carbonyl (C=O) groups is 1. The van der Waals surface area contributed by atoms with E-state index in [9.17, 15) is 4.79 Å². The van der Waals surface area contributed by atoms with Crippen LogP contribution in [0.25, 0.3) is 0 Å². The Kier molecular flexibility index (Phi) is 6.51. The molecule has 0 spiro atoms. The molecule has 3 aromatic rings. The van der Waals surface area contributed by atoms with Crippen LogP contribution in [-0.4, -0.2) is 54.7 Å². The summed E-state index contributed by atoms with van der Waals surface area (Å²) in [7, 11) is 3.30. The van der Waals surface area contributed by atoms with Crippen molar-refractivity contribution in [3.05, 3.63) is 77.2 Å². The Balaban J connectivity index is 1.45. The van der Waals surface area contributed by atoms with Gasteiger partial charge in [0.2, 0.25) is 0 Å². The third kappa shape index (κ3) is 4.81. The first-order chi connectivity index (χ1) is 15.6. The number of anilines is 1. The van der Waals surface area contributed by atoms with E-state index in [0.29, 0.717) is 37.5 Å². The molecular formula is C24H26N4O4. The van der Waals surface area contributed by atoms with Crippen molar-refractivity contribution in [1.29, 1.82) is 0 Å². The van der Waals surface area contributed by atoms with Crippen LogP contribution in [0.2, 0.25) is 0 Å². The summed E-state index contributed by atoms with van der Waals surface area (Å²) in [6, 6.07) is 13.0. The molecule has 0 saturated carbocycles. The molecule has 2 N–H and O–H groups in total. The van der Waals surface area contributed by atoms with Crippen molar-refractivity contribution in [2.75, 3.05) is 39.6 Å². The SMILES string of the molecule is COc1ccc(OC)c(Cc2ccc([C@H]3CN(C(=O)c4ccc(N)nc4)CCO3)nc2)c1. The summed E-state index contributed by atoms with van der Waals surface area (Å²) in [5.41, 5.74) is 8.97. The number of hydrogen-bond donors (Lipinski definition) is 1. The third-order valence-corrected chi connectivity index (χ3v) is 5.45. The zero-order valence-electron chi connectivity index (χ0n) is 18.2. The maximum Gasteiger partial charge on any atom is 0.255 e. The number of methoxy groups -OCH3 is 2. The highest BCUT2D eigenvalue weighted by Gasteiger charge is 2.27. The lowest BCUT2D eigenvalue weighted by Crippen LogP contribution is -2.42. The van der Waals surface area contributed by atoms with Gasteiger partial charge in [-0.2, -0.15) is 0 Å². The minimum absolute atomic E-state index is 0.0902. The Labute approximate surface area is 187 Å². The lowest BCUT2D eigenvalue weighted by Gasteiger charge is -2.32. The first kappa shape index (κ1) is 21.6. The van der Waals surface area contributed by atoms with E-state index in [1.165, 1.54) is 6.20 Å². The van der Waals surface area contributed by atoms with Crippen LogP contribution < -0.4 is 15.2 Å². The second kappa shape index (κ2) is 9.65. The Morgan fingerprint density at radius 3 is 2.69 bits per heavy atom. The minimum Gasteiger partial charge on any atom is -0.497 e. The fraction of sp³-hybridized carbons (Fsp3) is 0.292. The molecule has 2 aromatic heterocycles. The highest BCUT2D eigenvalue weighted by atomic mass is 16.5. The van der Waals surface area contributed by atoms with E-state index in [4.69, 9.17) is 19.9 Å². The number of ether oxygens (including phenoxy) is 3. The normalized spacial score (nSPS) is 15.9. The molecule has 0 bridgehead atoms. The molecule has 1 saturated heterocycles. The summed E-state index contributed by atoms with van der Waals surface area (Å²) in [5, 5.41) is 0. The van der Waals surface area contributed by atoms with Gasteiger partial charge in [-0.05, 0) is 42.0 Å². The van der Waals surface area contributed by atoms with Crippen LogP contribution in [0.15, 0.2) is 54.9 Å². The Hall–Kier alpha value is -3.65. The van der Waals surface area contributed by atoms with Gasteiger partial charge in [0, 0.05) is 30.9 Å². The molecule has 0 radical (unpaired) electrons. The second-order valence-corrected chi connectivity index (χ2v) is 7.53. The maximum atomic E-state index is 12.8. The zero-order chi connectivity index (χ0) is 22.5. The molecule has 32 heavy (non-hydrogen) atoms. The number of nitrogens with zero attached hydrogens (tertiary/aromatic N) is 3. The summed E-state index contributed by atoms with van der Waals surface area (Å²) < 4.78 is 16.7. The lowest BCUT2D eigenvalue weighted by atomic mass is 10.0. The average Bonchev–Trinajstić information content (AvgIpc) is 2.84. The van der Waals surface area contributed by atoms with Crippen molar-refractivity contribution in [2.24, 2.45) is 0 Å². The number of nitrogens with two attached hydrogens (primary N) is 1. The Morgan fingerprint density at radius 1 is 1.12 bits per heavy atom. The molecule has 8 heteroatoms. The number of benzene rings is 1. The molecule has 0 unspecified atom stereocenters. The number of amides is 1. The highest BCUT2D eigenvalue weighted by Crippen LogP contribution is 2.27. The van der Waals surface area contributed by atoms with Gasteiger partial charge in [0.1, 0.15) is 23.4 Å². The number of carbonyl (C=O) groups excluding carboxylic acids is 1. The third-order valence-electron chi connectivity index (χ3n) is 5.45. The van der Waals surface area contributed by atoms with Crippen LogP contribution in [0.5, 0.6) is 11.5 Å². The molecule has 1 aromatic carbocycles. The number of nitrogen functional groups attached to an aromatic ring is 1. The van der Waals surface area contributed by atoms with E-state index in [1.807, 2.05) is 36.5 Å². The smallest absolute Gasteiger partial charge is 0.255 e. The van der Waals surface area contributed by atoms with Crippen molar-refractivity contribution < 1.29 is 19.0 Å². The van der Waals surface area contributed by atoms with Gasteiger partial charge in [0.15, 0.2) is 0 Å². The monoisotopic (exact) mass is 434 g/mol. The molecule has 1 fully saturated rings. The first-order valence-corrected chi connectivity index (χ1v) is 10.4. The minimum atomic E-state index is -0.283. The fourth-order valence-electron chi connectivity index (χ4n) is 3.70. The highest BCUT2D eigenvalue weighted by molar-refractivity contribution is 5.94. The molecule has 1 amide bonds. The van der Waals surface area contributed by atoms with Gasteiger partial charge in [-0.25, -0.2) is 4.98 Å². The van der Waals surface area contributed by atoms with Gasteiger partial charge >= 0.3 is 0 Å². The number of hydrogen-bond acceptors (Lipinski definition) is 7. The van der Waals surface area contributed by atoms with Crippen molar-refractivity contribution in [3.63, 3.8) is 0 Å². The first-order valence-electron chi connectivity index (χ1n) is 10.4. The van der Waals surface area contributed by atoms with Gasteiger partial charge in [0.25, 0.3) is 5.91 Å². The van der Waals surface area contributed by atoms with E-state index < -0.39 is 0 Å². The predicted molar refractivity (Wildman–Crippen MR) is 120 cm³/mol. The van der Waals surface area contributed by atoms with Gasteiger partial charge < -0.3 is 24.8 Å². The summed E-state index contributed by atoms with van der Waals surface area (Å²) >= 11 is 0. The lowest BCUT2D eigenvalue weighted by molar-refractivity contribution is -0.0247. The molecule has 0 aliphatic carbocycles. The van der Waals surface area contributed by atoms with Gasteiger partial charge in [-0.15, -0.1) is 0 Å². The van der Waals surface area contributed by atoms with Crippen LogP contribution in [0.4, 0.5) is 5.82 Å². The Bertz CT molecular complexity index is 1070. The average molecular weight is 434 g/mol. The topological polar surface area (TPSA) is 99.8 Å². The van der Waals surface area contributed by atoms with E-state index in [-0.39, 0.29) is 12.0 Å². The van der Waals surface area contributed by atoms with Crippen LogP contribution >= 0.6 is 0 Å². The van der Waals surface area contributed by atoms with E-state index in [1.54, 1.807) is 31.3 Å². The number of morpholine rings is 1. The Morgan fingerprint density at radius 2 is 2.00 bits per heavy atom. The molecule has 1 aliphatic rings. The van der Waals surface area contributed by atoms with Gasteiger partial charge in [-0.3, -0.25) is 9.78 Å². The molecule has 4 rings (SSSR count). The van der Waals surface area contributed by atoms with Crippen LogP contribution in [0, 0.1) is 0 Å². The summed E-state index contributed by atoms with van der Waals surface area (Å²) in [6.45, 7) is 1.40. The van der Waals surface area contributed by atoms with Crippen molar-refractivity contribution >= 4 is 11.7 Å². The summed E-state index contributed by atoms with van der Waals surface area (Å²) in [6.07, 6.45) is 3.72. The second-order valence-electron chi connectivity index (χ2n) is 7.53. The largest absolute Gasteiger partial charge is 0.497 e.